The van der Waals surface area contributed by atoms with E-state index in [-0.39, 0.29) is 5.95 Å². The van der Waals surface area contributed by atoms with Crippen molar-refractivity contribution in [2.24, 2.45) is 5.11 Å². The molecule has 0 spiro atoms. The van der Waals surface area contributed by atoms with E-state index in [1.807, 2.05) is 0 Å². The summed E-state index contributed by atoms with van der Waals surface area (Å²) >= 11 is 0. The van der Waals surface area contributed by atoms with E-state index in [1.165, 1.54) is 6.20 Å². The first-order valence-corrected chi connectivity index (χ1v) is 2.72. The second-order valence-corrected chi connectivity index (χ2v) is 1.77. The van der Waals surface area contributed by atoms with Gasteiger partial charge >= 0.3 is 0 Å². The molecule has 0 N–H and O–H groups in total. The molecule has 0 aliphatic rings. The molecular weight excluding hydrogens is 148 g/mol. The van der Waals surface area contributed by atoms with Gasteiger partial charge in [0.05, 0.1) is 0 Å². The summed E-state index contributed by atoms with van der Waals surface area (Å²) in [6.45, 7) is 1.60. The maximum atomic E-state index is 10.6. The van der Waals surface area contributed by atoms with Crippen LogP contribution in [0.1, 0.15) is 5.69 Å². The quantitative estimate of drug-likeness (QED) is 0.191. The van der Waals surface area contributed by atoms with E-state index in [4.69, 9.17) is 5.53 Å². The minimum atomic E-state index is -0.164. The molecule has 0 saturated carbocycles. The third-order valence-electron chi connectivity index (χ3n) is 0.896. The van der Waals surface area contributed by atoms with Gasteiger partial charge in [-0.05, 0) is 17.6 Å². The van der Waals surface area contributed by atoms with Crippen molar-refractivity contribution < 1.29 is 4.85 Å². The van der Waals surface area contributed by atoms with E-state index >= 15 is 0 Å². The van der Waals surface area contributed by atoms with Crippen LogP contribution in [-0.2, 0) is 0 Å². The molecule has 1 aromatic heterocycles. The first kappa shape index (κ1) is 7.23. The van der Waals surface area contributed by atoms with E-state index in [1.54, 1.807) is 6.92 Å². The topological polar surface area (TPSA) is 101 Å². The summed E-state index contributed by atoms with van der Waals surface area (Å²) in [4.78, 5) is 6.41. The van der Waals surface area contributed by atoms with E-state index < -0.39 is 0 Å². The molecule has 0 saturated heterocycles. The third-order valence-corrected chi connectivity index (χ3v) is 0.896. The minimum Gasteiger partial charge on any atom is -0.594 e. The highest BCUT2D eigenvalue weighted by Crippen LogP contribution is 1.99. The van der Waals surface area contributed by atoms with Crippen LogP contribution in [0.3, 0.4) is 0 Å². The van der Waals surface area contributed by atoms with Crippen LogP contribution in [0.2, 0.25) is 0 Å². The summed E-state index contributed by atoms with van der Waals surface area (Å²) in [7, 11) is 0. The van der Waals surface area contributed by atoms with Crippen LogP contribution in [0.15, 0.2) is 11.3 Å². The van der Waals surface area contributed by atoms with E-state index in [9.17, 15) is 5.21 Å². The molecule has 0 unspecified atom stereocenters. The maximum Gasteiger partial charge on any atom is 0.285 e. The number of aromatic nitrogens is 3. The van der Waals surface area contributed by atoms with Crippen LogP contribution in [0, 0.1) is 12.1 Å². The van der Waals surface area contributed by atoms with Crippen LogP contribution in [-0.4, -0.2) is 10.1 Å². The lowest BCUT2D eigenvalue weighted by atomic mass is 10.5. The number of nitrogens with zero attached hydrogens (tertiary/aromatic N) is 6. The van der Waals surface area contributed by atoms with Crippen molar-refractivity contribution in [3.63, 3.8) is 0 Å². The molecule has 0 fully saturated rings. The van der Waals surface area contributed by atoms with Crippen LogP contribution < -0.4 is 4.85 Å². The van der Waals surface area contributed by atoms with Gasteiger partial charge in [0.25, 0.3) is 5.95 Å². The molecule has 1 heterocycles. The largest absolute Gasteiger partial charge is 0.594 e. The van der Waals surface area contributed by atoms with Crippen LogP contribution in [0.5, 0.6) is 0 Å². The van der Waals surface area contributed by atoms with Gasteiger partial charge in [0.2, 0.25) is 6.20 Å². The lowest BCUT2D eigenvalue weighted by molar-refractivity contribution is -0.669. The molecule has 0 atom stereocenters. The second-order valence-electron chi connectivity index (χ2n) is 1.77. The van der Waals surface area contributed by atoms with Gasteiger partial charge in [0, 0.05) is 10.0 Å². The van der Waals surface area contributed by atoms with Crippen molar-refractivity contribution in [2.75, 3.05) is 0 Å². The minimum absolute atomic E-state index is 0.164. The van der Waals surface area contributed by atoms with E-state index in [0.29, 0.717) is 10.5 Å². The maximum absolute atomic E-state index is 10.6. The average molecular weight is 152 g/mol. The number of hydrogen-bond donors (Lipinski definition) is 0. The molecular formula is C4H4N6O. The van der Waals surface area contributed by atoms with Gasteiger partial charge in [-0.1, -0.05) is 4.85 Å². The zero-order valence-corrected chi connectivity index (χ0v) is 5.67. The van der Waals surface area contributed by atoms with E-state index in [0.717, 1.165) is 0 Å². The van der Waals surface area contributed by atoms with Crippen molar-refractivity contribution in [3.05, 3.63) is 27.5 Å². The summed E-state index contributed by atoms with van der Waals surface area (Å²) in [5, 5.41) is 16.9. The zero-order valence-electron chi connectivity index (χ0n) is 5.67. The monoisotopic (exact) mass is 152 g/mol. The Labute approximate surface area is 61.5 Å². The van der Waals surface area contributed by atoms with Crippen LogP contribution >= 0.6 is 0 Å². The van der Waals surface area contributed by atoms with E-state index in [2.05, 4.69) is 20.1 Å². The van der Waals surface area contributed by atoms with Crippen LogP contribution in [0.25, 0.3) is 10.4 Å². The first-order chi connectivity index (χ1) is 5.22. The Bertz CT molecular complexity index is 296. The van der Waals surface area contributed by atoms with Gasteiger partial charge in [-0.15, -0.1) is 0 Å². The van der Waals surface area contributed by atoms with Crippen molar-refractivity contribution >= 4 is 5.95 Å². The molecule has 0 aliphatic carbocycles. The number of aryl methyl sites for hydroxylation is 1. The predicted molar refractivity (Wildman–Crippen MR) is 34.5 cm³/mol. The molecule has 1 rings (SSSR count). The van der Waals surface area contributed by atoms with Crippen molar-refractivity contribution in [1.82, 2.24) is 10.1 Å². The normalized spacial score (nSPS) is 8.82. The van der Waals surface area contributed by atoms with Gasteiger partial charge in [0.15, 0.2) is 0 Å². The van der Waals surface area contributed by atoms with Gasteiger partial charge in [-0.2, -0.15) is 0 Å². The summed E-state index contributed by atoms with van der Waals surface area (Å²) in [5.74, 6) is -0.164. The molecule has 0 radical (unpaired) electrons. The summed E-state index contributed by atoms with van der Waals surface area (Å²) in [6.07, 6.45) is 1.18. The van der Waals surface area contributed by atoms with Gasteiger partial charge in [-0.3, -0.25) is 0 Å². The fraction of sp³-hybridized carbons (Fsp3) is 0.250. The number of hydrogen-bond acceptors (Lipinski definition) is 4. The number of azide groups is 1. The lowest BCUT2D eigenvalue weighted by Crippen LogP contribution is -2.31. The lowest BCUT2D eigenvalue weighted by Gasteiger charge is -1.93. The SMILES string of the molecule is Cc1c[n+]([O-])nc(N=[N+]=[N-])n1. The standard InChI is InChI=1S/C4H4N6O/c1-3-2-10(11)8-4(6-3)7-9-5/h2H,1H3. The second kappa shape index (κ2) is 2.80. The molecule has 0 aliphatic heterocycles. The Kier molecular flexibility index (Phi) is 1.84. The molecule has 7 nitrogen and oxygen atoms in total. The highest BCUT2D eigenvalue weighted by Gasteiger charge is 1.99. The van der Waals surface area contributed by atoms with Crippen molar-refractivity contribution in [3.8, 4) is 0 Å². The molecule has 56 valence electrons. The Hall–Kier alpha value is -1.88. The average Bonchev–Trinajstić information content (AvgIpc) is 1.85. The van der Waals surface area contributed by atoms with Crippen LogP contribution in [0.4, 0.5) is 5.95 Å². The smallest absolute Gasteiger partial charge is 0.285 e. The molecule has 0 amide bonds. The third kappa shape index (κ3) is 1.77. The van der Waals surface area contributed by atoms with Crippen molar-refractivity contribution in [2.45, 2.75) is 6.92 Å². The Balaban J connectivity index is 3.18. The van der Waals surface area contributed by atoms with Gasteiger partial charge in [-0.25, -0.2) is 4.98 Å². The Morgan fingerprint density at radius 3 is 3.09 bits per heavy atom. The fourth-order valence-corrected chi connectivity index (χ4v) is 0.568. The summed E-state index contributed by atoms with van der Waals surface area (Å²) in [6, 6.07) is 0. The molecule has 11 heavy (non-hydrogen) atoms. The summed E-state index contributed by atoms with van der Waals surface area (Å²) in [5.41, 5.74) is 8.42. The fourth-order valence-electron chi connectivity index (χ4n) is 0.568. The molecule has 7 heteroatoms. The Morgan fingerprint density at radius 1 is 1.82 bits per heavy atom. The highest BCUT2D eigenvalue weighted by molar-refractivity contribution is 5.09. The highest BCUT2D eigenvalue weighted by atomic mass is 16.5. The predicted octanol–water partition coefficient (Wildman–Crippen LogP) is 0.360. The molecule has 0 bridgehead atoms. The van der Waals surface area contributed by atoms with Gasteiger partial charge < -0.3 is 5.21 Å². The number of rotatable bonds is 1. The van der Waals surface area contributed by atoms with Gasteiger partial charge in [0.1, 0.15) is 5.69 Å². The Morgan fingerprint density at radius 2 is 2.55 bits per heavy atom. The first-order valence-electron chi connectivity index (χ1n) is 2.72. The molecule has 0 aromatic carbocycles. The van der Waals surface area contributed by atoms with Crippen molar-refractivity contribution in [1.29, 1.82) is 0 Å². The summed E-state index contributed by atoms with van der Waals surface area (Å²) < 4.78 is 0. The molecule has 1 aromatic rings. The zero-order chi connectivity index (χ0) is 8.27.